The molecule has 1 saturated heterocycles. The van der Waals surface area contributed by atoms with Crippen molar-refractivity contribution in [2.24, 2.45) is 0 Å². The predicted molar refractivity (Wildman–Crippen MR) is 64.9 cm³/mol. The zero-order valence-electron chi connectivity index (χ0n) is 10.3. The minimum atomic E-state index is 0.552. The SMILES string of the molecule is CCC1(N2CCN(C)CC2)CC[CH]CC1. The topological polar surface area (TPSA) is 6.48 Å². The Bertz CT molecular complexity index is 189. The van der Waals surface area contributed by atoms with Gasteiger partial charge < -0.3 is 4.90 Å². The standard InChI is InChI=1S/C13H25N2/c1-3-13(7-5-4-6-8-13)15-11-9-14(2)10-12-15/h4H,3,5-12H2,1-2H3. The van der Waals surface area contributed by atoms with Crippen molar-refractivity contribution in [1.82, 2.24) is 9.80 Å². The van der Waals surface area contributed by atoms with Crippen molar-refractivity contribution >= 4 is 0 Å². The van der Waals surface area contributed by atoms with E-state index in [2.05, 4.69) is 30.2 Å². The van der Waals surface area contributed by atoms with Gasteiger partial charge in [-0.1, -0.05) is 6.92 Å². The molecule has 1 saturated carbocycles. The first kappa shape index (κ1) is 11.4. The largest absolute Gasteiger partial charge is 0.304 e. The predicted octanol–water partition coefficient (Wildman–Crippen LogP) is 2.16. The molecular formula is C13H25N2. The van der Waals surface area contributed by atoms with Crippen LogP contribution in [0.1, 0.15) is 39.0 Å². The number of nitrogens with zero attached hydrogens (tertiary/aromatic N) is 2. The smallest absolute Gasteiger partial charge is 0.0208 e. The Morgan fingerprint density at radius 3 is 2.20 bits per heavy atom. The van der Waals surface area contributed by atoms with E-state index in [4.69, 9.17) is 0 Å². The summed E-state index contributed by atoms with van der Waals surface area (Å²) in [5.74, 6) is 0. The van der Waals surface area contributed by atoms with E-state index in [1.807, 2.05) is 0 Å². The highest BCUT2D eigenvalue weighted by Crippen LogP contribution is 2.36. The van der Waals surface area contributed by atoms with Crippen LogP contribution in [0.5, 0.6) is 0 Å². The van der Waals surface area contributed by atoms with Crippen molar-refractivity contribution in [3.8, 4) is 0 Å². The Morgan fingerprint density at radius 2 is 1.67 bits per heavy atom. The maximum Gasteiger partial charge on any atom is 0.0208 e. The third kappa shape index (κ3) is 2.36. The van der Waals surface area contributed by atoms with Gasteiger partial charge in [0.25, 0.3) is 0 Å². The van der Waals surface area contributed by atoms with E-state index in [0.29, 0.717) is 5.54 Å². The van der Waals surface area contributed by atoms with Crippen molar-refractivity contribution in [3.05, 3.63) is 6.42 Å². The molecule has 0 amide bonds. The zero-order chi connectivity index (χ0) is 10.7. The Balaban J connectivity index is 1.98. The third-order valence-electron chi connectivity index (χ3n) is 4.46. The molecule has 2 nitrogen and oxygen atoms in total. The van der Waals surface area contributed by atoms with Crippen LogP contribution in [0.25, 0.3) is 0 Å². The Hall–Kier alpha value is -0.0800. The summed E-state index contributed by atoms with van der Waals surface area (Å²) in [5, 5.41) is 0. The molecule has 1 aliphatic heterocycles. The molecule has 2 fully saturated rings. The highest BCUT2D eigenvalue weighted by Gasteiger charge is 2.37. The van der Waals surface area contributed by atoms with E-state index >= 15 is 0 Å². The van der Waals surface area contributed by atoms with Crippen LogP contribution < -0.4 is 0 Å². The lowest BCUT2D eigenvalue weighted by Gasteiger charge is -2.49. The monoisotopic (exact) mass is 209 g/mol. The lowest BCUT2D eigenvalue weighted by Crippen LogP contribution is -2.56. The molecule has 0 aromatic heterocycles. The van der Waals surface area contributed by atoms with E-state index in [0.717, 1.165) is 0 Å². The Kier molecular flexibility index (Phi) is 3.68. The molecule has 0 aromatic rings. The van der Waals surface area contributed by atoms with Crippen LogP contribution in [0.15, 0.2) is 0 Å². The van der Waals surface area contributed by atoms with Crippen molar-refractivity contribution in [3.63, 3.8) is 0 Å². The van der Waals surface area contributed by atoms with Gasteiger partial charge in [0, 0.05) is 31.7 Å². The number of hydrogen-bond donors (Lipinski definition) is 0. The molecule has 0 aromatic carbocycles. The first-order valence-corrected chi connectivity index (χ1v) is 6.52. The van der Waals surface area contributed by atoms with E-state index in [9.17, 15) is 0 Å². The Morgan fingerprint density at radius 1 is 1.07 bits per heavy atom. The minimum Gasteiger partial charge on any atom is -0.304 e. The van der Waals surface area contributed by atoms with Gasteiger partial charge >= 0.3 is 0 Å². The minimum absolute atomic E-state index is 0.552. The molecule has 0 atom stereocenters. The lowest BCUT2D eigenvalue weighted by atomic mass is 9.78. The third-order valence-corrected chi connectivity index (χ3v) is 4.46. The van der Waals surface area contributed by atoms with Gasteiger partial charge in [0.1, 0.15) is 0 Å². The highest BCUT2D eigenvalue weighted by molar-refractivity contribution is 4.97. The molecule has 2 heteroatoms. The fraction of sp³-hybridized carbons (Fsp3) is 0.923. The highest BCUT2D eigenvalue weighted by atomic mass is 15.3. The maximum absolute atomic E-state index is 2.78. The fourth-order valence-corrected chi connectivity index (χ4v) is 3.18. The molecule has 1 aliphatic carbocycles. The summed E-state index contributed by atoms with van der Waals surface area (Å²) in [5.41, 5.74) is 0.552. The van der Waals surface area contributed by atoms with Crippen molar-refractivity contribution in [2.75, 3.05) is 33.2 Å². The summed E-state index contributed by atoms with van der Waals surface area (Å²) in [4.78, 5) is 5.23. The summed E-state index contributed by atoms with van der Waals surface area (Å²) in [6.45, 7) is 7.45. The van der Waals surface area contributed by atoms with Crippen LogP contribution in [0.3, 0.4) is 0 Å². The van der Waals surface area contributed by atoms with Crippen LogP contribution in [-0.4, -0.2) is 48.6 Å². The van der Waals surface area contributed by atoms with Crippen molar-refractivity contribution < 1.29 is 0 Å². The van der Waals surface area contributed by atoms with Gasteiger partial charge in [0.2, 0.25) is 0 Å². The van der Waals surface area contributed by atoms with E-state index in [1.54, 1.807) is 0 Å². The molecule has 0 spiro atoms. The van der Waals surface area contributed by atoms with Gasteiger partial charge in [-0.3, -0.25) is 4.90 Å². The van der Waals surface area contributed by atoms with Crippen LogP contribution >= 0.6 is 0 Å². The van der Waals surface area contributed by atoms with Crippen LogP contribution in [-0.2, 0) is 0 Å². The van der Waals surface area contributed by atoms with Crippen LogP contribution in [0.4, 0.5) is 0 Å². The number of likely N-dealkylation sites (N-methyl/N-ethyl adjacent to an activating group) is 1. The average Bonchev–Trinajstić information content (AvgIpc) is 2.31. The van der Waals surface area contributed by atoms with Crippen LogP contribution in [0, 0.1) is 6.42 Å². The molecule has 0 unspecified atom stereocenters. The van der Waals surface area contributed by atoms with Crippen molar-refractivity contribution in [1.29, 1.82) is 0 Å². The molecule has 0 N–H and O–H groups in total. The maximum atomic E-state index is 2.78. The molecule has 1 radical (unpaired) electrons. The van der Waals surface area contributed by atoms with E-state index in [-0.39, 0.29) is 0 Å². The van der Waals surface area contributed by atoms with Gasteiger partial charge in [0.15, 0.2) is 0 Å². The van der Waals surface area contributed by atoms with Gasteiger partial charge in [-0.2, -0.15) is 0 Å². The number of rotatable bonds is 2. The van der Waals surface area contributed by atoms with Gasteiger partial charge in [-0.15, -0.1) is 0 Å². The first-order valence-electron chi connectivity index (χ1n) is 6.52. The van der Waals surface area contributed by atoms with Crippen LogP contribution in [0.2, 0.25) is 0 Å². The van der Waals surface area contributed by atoms with Gasteiger partial charge in [-0.05, 0) is 45.6 Å². The van der Waals surface area contributed by atoms with Gasteiger partial charge in [0.05, 0.1) is 0 Å². The molecule has 2 aliphatic rings. The fourth-order valence-electron chi connectivity index (χ4n) is 3.18. The molecule has 1 heterocycles. The molecular weight excluding hydrogens is 184 g/mol. The van der Waals surface area contributed by atoms with Gasteiger partial charge in [-0.25, -0.2) is 0 Å². The molecule has 87 valence electrons. The van der Waals surface area contributed by atoms with E-state index < -0.39 is 0 Å². The molecule has 0 bridgehead atoms. The second kappa shape index (κ2) is 4.84. The quantitative estimate of drug-likeness (QED) is 0.687. The summed E-state index contributed by atoms with van der Waals surface area (Å²) in [6.07, 6.45) is 9.27. The average molecular weight is 209 g/mol. The normalized spacial score (nSPS) is 29.2. The summed E-state index contributed by atoms with van der Waals surface area (Å²) < 4.78 is 0. The zero-order valence-corrected chi connectivity index (χ0v) is 10.3. The number of piperazine rings is 1. The van der Waals surface area contributed by atoms with E-state index in [1.165, 1.54) is 58.3 Å². The molecule has 2 rings (SSSR count). The summed E-state index contributed by atoms with van der Waals surface area (Å²) >= 11 is 0. The molecule has 15 heavy (non-hydrogen) atoms. The Labute approximate surface area is 94.6 Å². The van der Waals surface area contributed by atoms with Crippen molar-refractivity contribution in [2.45, 2.75) is 44.6 Å². The summed E-state index contributed by atoms with van der Waals surface area (Å²) in [7, 11) is 2.24. The lowest BCUT2D eigenvalue weighted by molar-refractivity contribution is 0.0171. The summed E-state index contributed by atoms with van der Waals surface area (Å²) in [6, 6.07) is 0. The number of hydrogen-bond acceptors (Lipinski definition) is 2. The second-order valence-corrected chi connectivity index (χ2v) is 5.23. The second-order valence-electron chi connectivity index (χ2n) is 5.23. The first-order chi connectivity index (χ1) is 7.27.